The monoisotopic (exact) mass is 389 g/mol. The number of hydrazine groups is 1. The van der Waals surface area contributed by atoms with Crippen LogP contribution in [0.25, 0.3) is 10.9 Å². The molecule has 0 spiro atoms. The predicted octanol–water partition coefficient (Wildman–Crippen LogP) is 2.98. The molecule has 2 heterocycles. The minimum absolute atomic E-state index is 0.195. The second-order valence-corrected chi connectivity index (χ2v) is 9.09. The number of benzene rings is 1. The van der Waals surface area contributed by atoms with E-state index in [0.717, 1.165) is 0 Å². The van der Waals surface area contributed by atoms with Crippen molar-refractivity contribution in [1.29, 1.82) is 0 Å². The molecule has 1 saturated heterocycles. The molecular formula is C21H32FN5O. The Labute approximate surface area is 165 Å². The van der Waals surface area contributed by atoms with E-state index in [1.54, 1.807) is 13.1 Å². The van der Waals surface area contributed by atoms with Crippen molar-refractivity contribution < 1.29 is 4.39 Å². The number of aromatic nitrogens is 1. The molecule has 1 fully saturated rings. The summed E-state index contributed by atoms with van der Waals surface area (Å²) in [6.07, 6.45) is 1.75. The van der Waals surface area contributed by atoms with Gasteiger partial charge in [-0.25, -0.2) is 4.39 Å². The molecular weight excluding hydrogens is 357 g/mol. The first kappa shape index (κ1) is 20.6. The fraction of sp³-hybridized carbons (Fsp3) is 0.571. The number of anilines is 2. The molecule has 1 aliphatic rings. The second kappa shape index (κ2) is 7.04. The Morgan fingerprint density at radius 1 is 1.21 bits per heavy atom. The first-order valence-corrected chi connectivity index (χ1v) is 9.83. The normalized spacial score (nSPS) is 20.7. The van der Waals surface area contributed by atoms with Gasteiger partial charge in [-0.2, -0.15) is 0 Å². The van der Waals surface area contributed by atoms with Gasteiger partial charge in [0.1, 0.15) is 0 Å². The van der Waals surface area contributed by atoms with E-state index in [4.69, 9.17) is 5.84 Å². The molecule has 1 aromatic carbocycles. The Kier molecular flexibility index (Phi) is 5.18. The number of hydrogen-bond donors (Lipinski definition) is 3. The standard InChI is InChI=1S/C21H32FN5O/c1-11-8-27(21(5,6)7)19-15(20(11)28)17(25-23)14(4)18(16(19)22)26-9-12(2)24-13(3)10-26/h8,12-13,24-25H,9-10,23H2,1-7H3. The molecule has 6 nitrogen and oxygen atoms in total. The van der Waals surface area contributed by atoms with Gasteiger partial charge in [0, 0.05) is 48.0 Å². The lowest BCUT2D eigenvalue weighted by Gasteiger charge is -2.39. The maximum absolute atomic E-state index is 16.1. The number of aryl methyl sites for hydroxylation is 1. The molecule has 2 aromatic rings. The number of nitrogen functional groups attached to an aromatic ring is 1. The summed E-state index contributed by atoms with van der Waals surface area (Å²) in [7, 11) is 0. The third-order valence-corrected chi connectivity index (χ3v) is 5.52. The van der Waals surface area contributed by atoms with Gasteiger partial charge in [0.15, 0.2) is 11.2 Å². The highest BCUT2D eigenvalue weighted by atomic mass is 19.1. The van der Waals surface area contributed by atoms with Crippen LogP contribution in [0, 0.1) is 19.7 Å². The van der Waals surface area contributed by atoms with Gasteiger partial charge in [-0.1, -0.05) is 0 Å². The Morgan fingerprint density at radius 2 is 1.79 bits per heavy atom. The number of nitrogens with one attached hydrogen (secondary N) is 2. The maximum Gasteiger partial charge on any atom is 0.194 e. The summed E-state index contributed by atoms with van der Waals surface area (Å²) in [4.78, 5) is 15.0. The van der Waals surface area contributed by atoms with Gasteiger partial charge in [0.25, 0.3) is 0 Å². The Morgan fingerprint density at radius 3 is 2.29 bits per heavy atom. The van der Waals surface area contributed by atoms with E-state index in [9.17, 15) is 4.79 Å². The lowest BCUT2D eigenvalue weighted by molar-refractivity contribution is 0.397. The molecule has 7 heteroatoms. The number of halogens is 1. The zero-order valence-corrected chi connectivity index (χ0v) is 17.9. The fourth-order valence-corrected chi connectivity index (χ4v) is 4.37. The molecule has 0 bridgehead atoms. The van der Waals surface area contributed by atoms with Crippen LogP contribution in [0.1, 0.15) is 45.7 Å². The van der Waals surface area contributed by atoms with E-state index in [2.05, 4.69) is 29.5 Å². The van der Waals surface area contributed by atoms with Crippen LogP contribution in [0.5, 0.6) is 0 Å². The van der Waals surface area contributed by atoms with Crippen LogP contribution in [0.4, 0.5) is 15.8 Å². The average molecular weight is 390 g/mol. The van der Waals surface area contributed by atoms with Crippen molar-refractivity contribution in [3.8, 4) is 0 Å². The molecule has 28 heavy (non-hydrogen) atoms. The molecule has 0 aliphatic carbocycles. The molecule has 4 N–H and O–H groups in total. The zero-order chi connectivity index (χ0) is 21.0. The van der Waals surface area contributed by atoms with Gasteiger partial charge < -0.3 is 20.2 Å². The van der Waals surface area contributed by atoms with Crippen molar-refractivity contribution >= 4 is 22.3 Å². The SMILES string of the molecule is Cc1c(N2CC(C)NC(C)C2)c(F)c2c(c1NN)c(=O)c(C)cn2C(C)(C)C. The highest BCUT2D eigenvalue weighted by molar-refractivity contribution is 5.98. The number of hydrogen-bond acceptors (Lipinski definition) is 5. The van der Waals surface area contributed by atoms with E-state index in [1.165, 1.54) is 0 Å². The topological polar surface area (TPSA) is 75.3 Å². The molecule has 0 amide bonds. The molecule has 0 saturated carbocycles. The third kappa shape index (κ3) is 3.26. The predicted molar refractivity (Wildman–Crippen MR) is 115 cm³/mol. The van der Waals surface area contributed by atoms with Crippen molar-refractivity contribution in [3.63, 3.8) is 0 Å². The molecule has 1 aliphatic heterocycles. The van der Waals surface area contributed by atoms with Gasteiger partial charge in [0.05, 0.1) is 22.3 Å². The van der Waals surface area contributed by atoms with Crippen LogP contribution in [-0.2, 0) is 5.54 Å². The molecule has 1 aromatic heterocycles. The van der Waals surface area contributed by atoms with E-state index < -0.39 is 5.54 Å². The Hall–Kier alpha value is -2.12. The summed E-state index contributed by atoms with van der Waals surface area (Å²) in [6, 6.07) is 0.464. The highest BCUT2D eigenvalue weighted by Gasteiger charge is 2.30. The van der Waals surface area contributed by atoms with Gasteiger partial charge in [-0.05, 0) is 48.5 Å². The minimum Gasteiger partial charge on any atom is -0.366 e. The smallest absolute Gasteiger partial charge is 0.194 e. The van der Waals surface area contributed by atoms with E-state index in [-0.39, 0.29) is 23.3 Å². The summed E-state index contributed by atoms with van der Waals surface area (Å²) in [6.45, 7) is 15.1. The van der Waals surface area contributed by atoms with Crippen LogP contribution in [0.15, 0.2) is 11.0 Å². The first-order valence-electron chi connectivity index (χ1n) is 9.83. The summed E-state index contributed by atoms with van der Waals surface area (Å²) >= 11 is 0. The van der Waals surface area contributed by atoms with Crippen LogP contribution in [0.2, 0.25) is 0 Å². The van der Waals surface area contributed by atoms with E-state index in [0.29, 0.717) is 46.5 Å². The summed E-state index contributed by atoms with van der Waals surface area (Å²) in [5, 5.41) is 3.79. The summed E-state index contributed by atoms with van der Waals surface area (Å²) in [5.74, 6) is 5.49. The lowest BCUT2D eigenvalue weighted by Crippen LogP contribution is -2.54. The second-order valence-electron chi connectivity index (χ2n) is 9.09. The lowest BCUT2D eigenvalue weighted by atomic mass is 9.98. The minimum atomic E-state index is -0.403. The number of nitrogens with zero attached hydrogens (tertiary/aromatic N) is 2. The van der Waals surface area contributed by atoms with Crippen LogP contribution < -0.4 is 26.9 Å². The van der Waals surface area contributed by atoms with E-state index >= 15 is 4.39 Å². The van der Waals surface area contributed by atoms with Gasteiger partial charge in [0.2, 0.25) is 0 Å². The fourth-order valence-electron chi connectivity index (χ4n) is 4.37. The van der Waals surface area contributed by atoms with Gasteiger partial charge in [-0.3, -0.25) is 10.6 Å². The number of piperazine rings is 1. The Balaban J connectivity index is 2.45. The van der Waals surface area contributed by atoms with Crippen LogP contribution in [0.3, 0.4) is 0 Å². The van der Waals surface area contributed by atoms with Crippen LogP contribution >= 0.6 is 0 Å². The zero-order valence-electron chi connectivity index (χ0n) is 17.9. The van der Waals surface area contributed by atoms with Gasteiger partial charge >= 0.3 is 0 Å². The van der Waals surface area contributed by atoms with Gasteiger partial charge in [-0.15, -0.1) is 0 Å². The molecule has 154 valence electrons. The van der Waals surface area contributed by atoms with Crippen molar-refractivity contribution in [1.82, 2.24) is 9.88 Å². The average Bonchev–Trinajstić information content (AvgIpc) is 2.56. The van der Waals surface area contributed by atoms with Crippen molar-refractivity contribution in [2.24, 2.45) is 5.84 Å². The van der Waals surface area contributed by atoms with Crippen molar-refractivity contribution in [2.75, 3.05) is 23.4 Å². The van der Waals surface area contributed by atoms with Crippen LogP contribution in [-0.4, -0.2) is 29.7 Å². The highest BCUT2D eigenvalue weighted by Crippen LogP contribution is 2.39. The van der Waals surface area contributed by atoms with E-state index in [1.807, 2.05) is 32.3 Å². The summed E-state index contributed by atoms with van der Waals surface area (Å²) in [5.41, 5.74) is 4.64. The molecule has 3 rings (SSSR count). The largest absolute Gasteiger partial charge is 0.366 e. The quantitative estimate of drug-likeness (QED) is 0.544. The number of nitrogens with two attached hydrogens (primary N) is 1. The number of fused-ring (bicyclic) bond motifs is 1. The number of rotatable bonds is 2. The van der Waals surface area contributed by atoms with Crippen molar-refractivity contribution in [3.05, 3.63) is 33.4 Å². The summed E-state index contributed by atoms with van der Waals surface area (Å²) < 4.78 is 18.0. The maximum atomic E-state index is 16.1. The Bertz CT molecular complexity index is 966. The first-order chi connectivity index (χ1) is 13.0. The van der Waals surface area contributed by atoms with Crippen molar-refractivity contribution in [2.45, 2.75) is 66.1 Å². The molecule has 2 unspecified atom stereocenters. The third-order valence-electron chi connectivity index (χ3n) is 5.52. The molecule has 2 atom stereocenters. The molecule has 0 radical (unpaired) electrons. The number of pyridine rings is 1.